The lowest BCUT2D eigenvalue weighted by atomic mass is 10.1. The van der Waals surface area contributed by atoms with Crippen LogP contribution in [0, 0.1) is 17.0 Å². The molecule has 2 aromatic rings. The molecule has 0 spiro atoms. The topological polar surface area (TPSA) is 104 Å². The smallest absolute Gasteiger partial charge is 0.271 e. The van der Waals surface area contributed by atoms with Crippen LogP contribution in [0.4, 0.5) is 11.4 Å². The summed E-state index contributed by atoms with van der Waals surface area (Å²) in [7, 11) is 0. The van der Waals surface area contributed by atoms with Crippen molar-refractivity contribution >= 4 is 17.3 Å². The lowest BCUT2D eigenvalue weighted by Crippen LogP contribution is -2.17. The van der Waals surface area contributed by atoms with Gasteiger partial charge in [-0.3, -0.25) is 14.9 Å². The fraction of sp³-hybridized carbons (Fsp3) is 0.294. The van der Waals surface area contributed by atoms with Crippen molar-refractivity contribution in [3.63, 3.8) is 0 Å². The largest absolute Gasteiger partial charge is 0.472 e. The Hall–Kier alpha value is -3.00. The molecule has 1 atom stereocenters. The van der Waals surface area contributed by atoms with Gasteiger partial charge in [-0.1, -0.05) is 6.07 Å². The lowest BCUT2D eigenvalue weighted by Gasteiger charge is -2.11. The van der Waals surface area contributed by atoms with E-state index in [0.717, 1.165) is 12.0 Å². The number of rotatable bonds is 5. The van der Waals surface area contributed by atoms with Gasteiger partial charge in [0, 0.05) is 30.8 Å². The zero-order valence-electron chi connectivity index (χ0n) is 13.6. The highest BCUT2D eigenvalue weighted by atomic mass is 16.6. The molecule has 1 aliphatic rings. The predicted molar refractivity (Wildman–Crippen MR) is 89.9 cm³/mol. The summed E-state index contributed by atoms with van der Waals surface area (Å²) >= 11 is 0. The van der Waals surface area contributed by atoms with Crippen LogP contribution in [-0.4, -0.2) is 35.1 Å². The van der Waals surface area contributed by atoms with E-state index in [2.05, 4.69) is 10.3 Å². The van der Waals surface area contributed by atoms with Gasteiger partial charge >= 0.3 is 0 Å². The molecule has 1 unspecified atom stereocenters. The van der Waals surface area contributed by atoms with E-state index in [4.69, 9.17) is 9.47 Å². The molecular formula is C17H17N3O5. The number of carbonyl (C=O) groups is 1. The molecule has 1 N–H and O–H groups in total. The van der Waals surface area contributed by atoms with E-state index in [9.17, 15) is 14.9 Å². The first kappa shape index (κ1) is 16.8. The number of ether oxygens (including phenoxy) is 2. The maximum absolute atomic E-state index is 12.3. The van der Waals surface area contributed by atoms with Crippen LogP contribution in [0.2, 0.25) is 0 Å². The van der Waals surface area contributed by atoms with Gasteiger partial charge < -0.3 is 14.8 Å². The molecule has 1 aromatic heterocycles. The maximum atomic E-state index is 12.3. The van der Waals surface area contributed by atoms with Crippen molar-refractivity contribution in [2.24, 2.45) is 0 Å². The molecule has 25 heavy (non-hydrogen) atoms. The molecule has 8 nitrogen and oxygen atoms in total. The fourth-order valence-electron chi connectivity index (χ4n) is 2.41. The van der Waals surface area contributed by atoms with Crippen LogP contribution >= 0.6 is 0 Å². The molecule has 3 rings (SSSR count). The van der Waals surface area contributed by atoms with Gasteiger partial charge in [0.2, 0.25) is 5.88 Å². The first-order valence-corrected chi connectivity index (χ1v) is 7.80. The Morgan fingerprint density at radius 2 is 2.24 bits per heavy atom. The van der Waals surface area contributed by atoms with Gasteiger partial charge in [-0.15, -0.1) is 0 Å². The van der Waals surface area contributed by atoms with E-state index in [1.165, 1.54) is 18.3 Å². The Kier molecular flexibility index (Phi) is 4.90. The van der Waals surface area contributed by atoms with E-state index in [1.54, 1.807) is 25.1 Å². The highest BCUT2D eigenvalue weighted by Gasteiger charge is 2.18. The molecule has 130 valence electrons. The van der Waals surface area contributed by atoms with Crippen molar-refractivity contribution in [3.05, 3.63) is 57.8 Å². The van der Waals surface area contributed by atoms with Crippen molar-refractivity contribution in [2.45, 2.75) is 19.4 Å². The van der Waals surface area contributed by atoms with Gasteiger partial charge in [0.05, 0.1) is 29.4 Å². The average Bonchev–Trinajstić information content (AvgIpc) is 3.10. The van der Waals surface area contributed by atoms with Crippen LogP contribution < -0.4 is 10.1 Å². The summed E-state index contributed by atoms with van der Waals surface area (Å²) < 4.78 is 10.9. The van der Waals surface area contributed by atoms with Crippen molar-refractivity contribution in [1.82, 2.24) is 4.98 Å². The number of benzene rings is 1. The number of carbonyl (C=O) groups excluding carboxylic acids is 1. The van der Waals surface area contributed by atoms with Crippen LogP contribution in [0.1, 0.15) is 22.3 Å². The van der Waals surface area contributed by atoms with E-state index in [-0.39, 0.29) is 11.8 Å². The number of nitrogens with one attached hydrogen (secondary N) is 1. The third kappa shape index (κ3) is 4.10. The summed E-state index contributed by atoms with van der Waals surface area (Å²) in [4.78, 5) is 26.8. The number of aromatic nitrogens is 1. The van der Waals surface area contributed by atoms with Crippen LogP contribution in [0.5, 0.6) is 5.88 Å². The fourth-order valence-corrected chi connectivity index (χ4v) is 2.41. The number of aryl methyl sites for hydroxylation is 1. The molecule has 0 saturated carbocycles. The van der Waals surface area contributed by atoms with Crippen LogP contribution in [0.3, 0.4) is 0 Å². The molecule has 1 aromatic carbocycles. The average molecular weight is 343 g/mol. The third-order valence-electron chi connectivity index (χ3n) is 3.85. The van der Waals surface area contributed by atoms with Crippen LogP contribution in [0.25, 0.3) is 0 Å². The number of nitro benzene ring substituents is 1. The minimum absolute atomic E-state index is 0.0142. The van der Waals surface area contributed by atoms with Gasteiger partial charge in [-0.2, -0.15) is 0 Å². The van der Waals surface area contributed by atoms with Crippen LogP contribution in [-0.2, 0) is 4.74 Å². The maximum Gasteiger partial charge on any atom is 0.271 e. The summed E-state index contributed by atoms with van der Waals surface area (Å²) in [6.07, 6.45) is 2.21. The van der Waals surface area contributed by atoms with Crippen molar-refractivity contribution in [3.8, 4) is 5.88 Å². The minimum Gasteiger partial charge on any atom is -0.472 e. The number of pyridine rings is 1. The second-order valence-corrected chi connectivity index (χ2v) is 5.70. The minimum atomic E-state index is -0.504. The number of hydrogen-bond acceptors (Lipinski definition) is 6. The highest BCUT2D eigenvalue weighted by molar-refractivity contribution is 6.04. The highest BCUT2D eigenvalue weighted by Crippen LogP contribution is 2.22. The quantitative estimate of drug-likeness (QED) is 0.661. The van der Waals surface area contributed by atoms with Crippen LogP contribution in [0.15, 0.2) is 36.5 Å². The van der Waals surface area contributed by atoms with Crippen molar-refractivity contribution < 1.29 is 19.2 Å². The summed E-state index contributed by atoms with van der Waals surface area (Å²) in [5.41, 5.74) is 1.37. The molecule has 1 fully saturated rings. The first-order valence-electron chi connectivity index (χ1n) is 7.80. The Morgan fingerprint density at radius 1 is 1.40 bits per heavy atom. The molecular weight excluding hydrogens is 326 g/mol. The normalized spacial score (nSPS) is 16.4. The van der Waals surface area contributed by atoms with Crippen molar-refractivity contribution in [1.29, 1.82) is 0 Å². The summed E-state index contributed by atoms with van der Waals surface area (Å²) in [5, 5.41) is 13.5. The van der Waals surface area contributed by atoms with Gasteiger partial charge in [0.25, 0.3) is 11.6 Å². The van der Waals surface area contributed by atoms with E-state index in [0.29, 0.717) is 30.3 Å². The van der Waals surface area contributed by atoms with E-state index in [1.807, 2.05) is 0 Å². The van der Waals surface area contributed by atoms with E-state index < -0.39 is 10.8 Å². The zero-order valence-corrected chi connectivity index (χ0v) is 13.6. The lowest BCUT2D eigenvalue weighted by molar-refractivity contribution is -0.384. The summed E-state index contributed by atoms with van der Waals surface area (Å²) in [5.74, 6) is 0.0328. The van der Waals surface area contributed by atoms with Gasteiger partial charge in [-0.05, 0) is 18.6 Å². The number of non-ortho nitro benzene ring substituents is 1. The number of hydrogen-bond donors (Lipinski definition) is 1. The Bertz CT molecular complexity index is 785. The monoisotopic (exact) mass is 343 g/mol. The molecule has 1 amide bonds. The number of anilines is 1. The molecule has 0 bridgehead atoms. The predicted octanol–water partition coefficient (Wildman–Crippen LogP) is 2.72. The standard InChI is InChI=1S/C17H17N3O5/c1-11-2-4-13(20(22)23)8-15(11)19-17(21)12-3-5-16(18-9-12)25-14-6-7-24-10-14/h2-5,8-9,14H,6-7,10H2,1H3,(H,19,21). The summed E-state index contributed by atoms with van der Waals surface area (Å²) in [6.45, 7) is 2.97. The molecule has 1 aliphatic heterocycles. The number of amides is 1. The molecule has 8 heteroatoms. The second-order valence-electron chi connectivity index (χ2n) is 5.70. The van der Waals surface area contributed by atoms with Crippen molar-refractivity contribution in [2.75, 3.05) is 18.5 Å². The Labute approximate surface area is 143 Å². The van der Waals surface area contributed by atoms with Gasteiger partial charge in [-0.25, -0.2) is 4.98 Å². The SMILES string of the molecule is Cc1ccc([N+](=O)[O-])cc1NC(=O)c1ccc(OC2CCOC2)nc1. The molecule has 0 aliphatic carbocycles. The Morgan fingerprint density at radius 3 is 2.88 bits per heavy atom. The summed E-state index contributed by atoms with van der Waals surface area (Å²) in [6, 6.07) is 7.53. The number of nitro groups is 1. The molecule has 0 radical (unpaired) electrons. The second kappa shape index (κ2) is 7.27. The van der Waals surface area contributed by atoms with E-state index >= 15 is 0 Å². The zero-order chi connectivity index (χ0) is 17.8. The van der Waals surface area contributed by atoms with Gasteiger partial charge in [0.15, 0.2) is 0 Å². The Balaban J connectivity index is 1.68. The number of nitrogens with zero attached hydrogens (tertiary/aromatic N) is 2. The molecule has 2 heterocycles. The third-order valence-corrected chi connectivity index (χ3v) is 3.85. The first-order chi connectivity index (χ1) is 12.0. The van der Waals surface area contributed by atoms with Gasteiger partial charge in [0.1, 0.15) is 6.10 Å². The molecule has 1 saturated heterocycles.